The zero-order valence-electron chi connectivity index (χ0n) is 9.80. The summed E-state index contributed by atoms with van der Waals surface area (Å²) in [5.74, 6) is 0. The first-order valence-corrected chi connectivity index (χ1v) is 5.83. The quantitative estimate of drug-likeness (QED) is 0.760. The van der Waals surface area contributed by atoms with Crippen LogP contribution in [-0.2, 0) is 0 Å². The van der Waals surface area contributed by atoms with Crippen molar-refractivity contribution in [1.82, 2.24) is 9.78 Å². The molecule has 2 heteroatoms. The molecule has 1 aromatic heterocycles. The first-order chi connectivity index (χ1) is 8.34. The van der Waals surface area contributed by atoms with Crippen LogP contribution in [0.15, 0.2) is 54.6 Å². The Balaban J connectivity index is 2.11. The van der Waals surface area contributed by atoms with Crippen molar-refractivity contribution < 1.29 is 0 Å². The number of aromatic nitrogens is 2. The molecule has 2 nitrogen and oxygen atoms in total. The Labute approximate surface area is 101 Å². The summed E-state index contributed by atoms with van der Waals surface area (Å²) in [5.41, 5.74) is 4.69. The zero-order valence-corrected chi connectivity index (χ0v) is 9.80. The van der Waals surface area contributed by atoms with Crippen LogP contribution in [0.4, 0.5) is 0 Å². The lowest BCUT2D eigenvalue weighted by molar-refractivity contribution is 0.849. The van der Waals surface area contributed by atoms with Crippen molar-refractivity contribution in [3.8, 4) is 5.69 Å². The first-order valence-electron chi connectivity index (χ1n) is 5.83. The SMILES string of the molecule is Cc1cc(C2=CC=CC2)n(-c2ccccc2)n1. The lowest BCUT2D eigenvalue weighted by atomic mass is 10.1. The molecule has 17 heavy (non-hydrogen) atoms. The average Bonchev–Trinajstić information content (AvgIpc) is 2.98. The predicted molar refractivity (Wildman–Crippen MR) is 70.0 cm³/mol. The lowest BCUT2D eigenvalue weighted by Gasteiger charge is -2.07. The molecule has 0 atom stereocenters. The molecule has 0 saturated heterocycles. The summed E-state index contributed by atoms with van der Waals surface area (Å²) in [5, 5.41) is 4.57. The number of para-hydroxylation sites is 1. The Kier molecular flexibility index (Phi) is 2.41. The largest absolute Gasteiger partial charge is 0.233 e. The summed E-state index contributed by atoms with van der Waals surface area (Å²) in [6, 6.07) is 12.4. The highest BCUT2D eigenvalue weighted by Crippen LogP contribution is 2.25. The number of nitrogens with zero attached hydrogens (tertiary/aromatic N) is 2. The summed E-state index contributed by atoms with van der Waals surface area (Å²) in [4.78, 5) is 0. The van der Waals surface area contributed by atoms with Crippen LogP contribution in [0.1, 0.15) is 17.8 Å². The van der Waals surface area contributed by atoms with Gasteiger partial charge >= 0.3 is 0 Å². The van der Waals surface area contributed by atoms with Crippen LogP contribution < -0.4 is 0 Å². The Morgan fingerprint density at radius 1 is 1.18 bits per heavy atom. The van der Waals surface area contributed by atoms with Gasteiger partial charge < -0.3 is 0 Å². The molecule has 84 valence electrons. The Morgan fingerprint density at radius 2 is 2.00 bits per heavy atom. The lowest BCUT2D eigenvalue weighted by Crippen LogP contribution is -2.00. The maximum atomic E-state index is 4.57. The molecule has 0 saturated carbocycles. The van der Waals surface area contributed by atoms with Crippen molar-refractivity contribution in [2.24, 2.45) is 0 Å². The highest BCUT2D eigenvalue weighted by Gasteiger charge is 2.12. The molecule has 1 aliphatic carbocycles. The van der Waals surface area contributed by atoms with Gasteiger partial charge in [0.05, 0.1) is 17.1 Å². The monoisotopic (exact) mass is 222 g/mol. The standard InChI is InChI=1S/C15H14N2/c1-12-11-15(13-7-5-6-8-13)17(16-12)14-9-3-2-4-10-14/h2-7,9-11H,8H2,1H3. The van der Waals surface area contributed by atoms with Gasteiger partial charge in [-0.05, 0) is 37.1 Å². The van der Waals surface area contributed by atoms with Gasteiger partial charge in [0, 0.05) is 0 Å². The molecule has 2 aromatic rings. The van der Waals surface area contributed by atoms with E-state index in [9.17, 15) is 0 Å². The predicted octanol–water partition coefficient (Wildman–Crippen LogP) is 3.52. The molecule has 0 fully saturated rings. The molecule has 0 spiro atoms. The molecule has 0 amide bonds. The van der Waals surface area contributed by atoms with Gasteiger partial charge in [-0.2, -0.15) is 5.10 Å². The minimum Gasteiger partial charge on any atom is -0.233 e. The van der Waals surface area contributed by atoms with Crippen molar-refractivity contribution in [1.29, 1.82) is 0 Å². The summed E-state index contributed by atoms with van der Waals surface area (Å²) >= 11 is 0. The van der Waals surface area contributed by atoms with Gasteiger partial charge in [-0.1, -0.05) is 36.4 Å². The van der Waals surface area contributed by atoms with E-state index in [2.05, 4.69) is 41.5 Å². The average molecular weight is 222 g/mol. The highest BCUT2D eigenvalue weighted by molar-refractivity contribution is 5.70. The van der Waals surface area contributed by atoms with E-state index in [0.29, 0.717) is 0 Å². The molecule has 0 bridgehead atoms. The second-order valence-corrected chi connectivity index (χ2v) is 4.24. The third kappa shape index (κ3) is 1.82. The van der Waals surface area contributed by atoms with Crippen LogP contribution >= 0.6 is 0 Å². The third-order valence-electron chi connectivity index (χ3n) is 2.93. The summed E-state index contributed by atoms with van der Waals surface area (Å²) in [6.45, 7) is 2.03. The van der Waals surface area contributed by atoms with Gasteiger partial charge in [0.2, 0.25) is 0 Å². The van der Waals surface area contributed by atoms with E-state index in [0.717, 1.165) is 17.8 Å². The molecule has 0 unspecified atom stereocenters. The van der Waals surface area contributed by atoms with Crippen LogP contribution in [0.5, 0.6) is 0 Å². The van der Waals surface area contributed by atoms with E-state index in [1.165, 1.54) is 11.3 Å². The first kappa shape index (κ1) is 10.1. The number of rotatable bonds is 2. The topological polar surface area (TPSA) is 17.8 Å². The van der Waals surface area contributed by atoms with Crippen LogP contribution in [0.3, 0.4) is 0 Å². The molecule has 1 aliphatic rings. The van der Waals surface area contributed by atoms with E-state index in [-0.39, 0.29) is 0 Å². The smallest absolute Gasteiger partial charge is 0.0706 e. The van der Waals surface area contributed by atoms with Gasteiger partial charge in [-0.25, -0.2) is 4.68 Å². The van der Waals surface area contributed by atoms with Crippen molar-refractivity contribution in [3.05, 3.63) is 66.0 Å². The minimum atomic E-state index is 0.998. The van der Waals surface area contributed by atoms with E-state index >= 15 is 0 Å². The second-order valence-electron chi connectivity index (χ2n) is 4.24. The maximum absolute atomic E-state index is 4.57. The maximum Gasteiger partial charge on any atom is 0.0706 e. The molecule has 1 heterocycles. The number of hydrogen-bond donors (Lipinski definition) is 0. The van der Waals surface area contributed by atoms with Gasteiger partial charge in [-0.3, -0.25) is 0 Å². The zero-order chi connectivity index (χ0) is 11.7. The van der Waals surface area contributed by atoms with Crippen molar-refractivity contribution >= 4 is 5.57 Å². The fraction of sp³-hybridized carbons (Fsp3) is 0.133. The third-order valence-corrected chi connectivity index (χ3v) is 2.93. The van der Waals surface area contributed by atoms with Gasteiger partial charge in [0.1, 0.15) is 0 Å². The van der Waals surface area contributed by atoms with Crippen molar-refractivity contribution in [3.63, 3.8) is 0 Å². The van der Waals surface area contributed by atoms with Gasteiger partial charge in [-0.15, -0.1) is 0 Å². The van der Waals surface area contributed by atoms with E-state index < -0.39 is 0 Å². The van der Waals surface area contributed by atoms with E-state index in [1.807, 2.05) is 29.8 Å². The summed E-state index contributed by atoms with van der Waals surface area (Å²) < 4.78 is 2.02. The number of aryl methyl sites for hydroxylation is 1. The Morgan fingerprint density at radius 3 is 2.71 bits per heavy atom. The fourth-order valence-corrected chi connectivity index (χ4v) is 2.13. The number of hydrogen-bond acceptors (Lipinski definition) is 1. The van der Waals surface area contributed by atoms with E-state index in [4.69, 9.17) is 0 Å². The van der Waals surface area contributed by atoms with Crippen LogP contribution in [0, 0.1) is 6.92 Å². The number of allylic oxidation sites excluding steroid dienone is 4. The molecular formula is C15H14N2. The van der Waals surface area contributed by atoms with Crippen LogP contribution in [0.2, 0.25) is 0 Å². The molecule has 1 aromatic carbocycles. The highest BCUT2D eigenvalue weighted by atomic mass is 15.3. The molecular weight excluding hydrogens is 208 g/mol. The van der Waals surface area contributed by atoms with Gasteiger partial charge in [0.15, 0.2) is 0 Å². The number of benzene rings is 1. The fourth-order valence-electron chi connectivity index (χ4n) is 2.13. The summed E-state index contributed by atoms with van der Waals surface area (Å²) in [7, 11) is 0. The molecule has 0 radical (unpaired) electrons. The second kappa shape index (κ2) is 4.06. The normalized spacial score (nSPS) is 14.1. The Bertz CT molecular complexity index is 589. The molecule has 3 rings (SSSR count). The minimum absolute atomic E-state index is 0.998. The van der Waals surface area contributed by atoms with Gasteiger partial charge in [0.25, 0.3) is 0 Å². The Hall–Kier alpha value is -2.09. The van der Waals surface area contributed by atoms with Crippen LogP contribution in [0.25, 0.3) is 11.3 Å². The van der Waals surface area contributed by atoms with Crippen LogP contribution in [-0.4, -0.2) is 9.78 Å². The molecule has 0 N–H and O–H groups in total. The molecule has 0 aliphatic heterocycles. The van der Waals surface area contributed by atoms with Crippen molar-refractivity contribution in [2.45, 2.75) is 13.3 Å². The van der Waals surface area contributed by atoms with E-state index in [1.54, 1.807) is 0 Å². The van der Waals surface area contributed by atoms with Crippen molar-refractivity contribution in [2.75, 3.05) is 0 Å². The summed E-state index contributed by atoms with van der Waals surface area (Å²) in [6.07, 6.45) is 7.44.